The van der Waals surface area contributed by atoms with Crippen molar-refractivity contribution in [3.05, 3.63) is 101 Å². The molecule has 6 nitrogen and oxygen atoms in total. The second-order valence-corrected chi connectivity index (χ2v) is 7.15. The van der Waals surface area contributed by atoms with E-state index in [1.807, 2.05) is 73.7 Å². The standard InChI is InChI=1S/C23H19ClN4O2/c1-15-7-5-6-10-19(15)25-23(29)26-20(16-11-13-18(24)14-12-16)22-28-27-21(30-22)17-8-3-2-4-9-17/h2-14,20H,1H3,(H2,25,26,29)/t20-/m1/s1. The number of nitrogens with zero attached hydrogens (tertiary/aromatic N) is 2. The van der Waals surface area contributed by atoms with Crippen LogP contribution in [-0.4, -0.2) is 16.2 Å². The fourth-order valence-corrected chi connectivity index (χ4v) is 3.12. The molecule has 0 aliphatic heterocycles. The van der Waals surface area contributed by atoms with Crippen LogP contribution < -0.4 is 10.6 Å². The number of aryl methyl sites for hydroxylation is 1. The van der Waals surface area contributed by atoms with Crippen LogP contribution in [0.15, 0.2) is 83.3 Å². The average molecular weight is 419 g/mol. The van der Waals surface area contributed by atoms with Crippen molar-refractivity contribution in [1.29, 1.82) is 0 Å². The maximum atomic E-state index is 12.7. The van der Waals surface area contributed by atoms with Crippen LogP contribution in [0.4, 0.5) is 10.5 Å². The molecular weight excluding hydrogens is 400 g/mol. The first-order valence-corrected chi connectivity index (χ1v) is 9.75. The van der Waals surface area contributed by atoms with E-state index in [2.05, 4.69) is 20.8 Å². The molecule has 0 radical (unpaired) electrons. The van der Waals surface area contributed by atoms with Crippen LogP contribution in [0.3, 0.4) is 0 Å². The zero-order chi connectivity index (χ0) is 20.9. The van der Waals surface area contributed by atoms with Gasteiger partial charge >= 0.3 is 6.03 Å². The second-order valence-electron chi connectivity index (χ2n) is 6.71. The molecule has 2 amide bonds. The fourth-order valence-electron chi connectivity index (χ4n) is 2.99. The largest absolute Gasteiger partial charge is 0.418 e. The number of rotatable bonds is 5. The summed E-state index contributed by atoms with van der Waals surface area (Å²) in [5.41, 5.74) is 3.25. The Bertz CT molecular complexity index is 1140. The van der Waals surface area contributed by atoms with Gasteiger partial charge in [0.15, 0.2) is 0 Å². The number of carbonyl (C=O) groups excluding carboxylic acids is 1. The summed E-state index contributed by atoms with van der Waals surface area (Å²) in [6.07, 6.45) is 0. The van der Waals surface area contributed by atoms with Crippen molar-refractivity contribution in [2.45, 2.75) is 13.0 Å². The number of urea groups is 1. The minimum Gasteiger partial charge on any atom is -0.418 e. The molecule has 0 bridgehead atoms. The predicted octanol–water partition coefficient (Wildman–Crippen LogP) is 5.61. The summed E-state index contributed by atoms with van der Waals surface area (Å²) >= 11 is 6.03. The SMILES string of the molecule is Cc1ccccc1NC(=O)N[C@H](c1ccc(Cl)cc1)c1nnc(-c2ccccc2)o1. The van der Waals surface area contributed by atoms with Gasteiger partial charge in [0.05, 0.1) is 0 Å². The lowest BCUT2D eigenvalue weighted by atomic mass is 10.1. The van der Waals surface area contributed by atoms with Crippen molar-refractivity contribution >= 4 is 23.3 Å². The first-order chi connectivity index (χ1) is 14.6. The van der Waals surface area contributed by atoms with Crippen molar-refractivity contribution in [3.63, 3.8) is 0 Å². The van der Waals surface area contributed by atoms with Crippen LogP contribution in [0.25, 0.3) is 11.5 Å². The summed E-state index contributed by atoms with van der Waals surface area (Å²) in [4.78, 5) is 12.7. The van der Waals surface area contributed by atoms with Gasteiger partial charge in [0.1, 0.15) is 6.04 Å². The highest BCUT2D eigenvalue weighted by Gasteiger charge is 2.24. The van der Waals surface area contributed by atoms with Gasteiger partial charge in [-0.1, -0.05) is 60.1 Å². The van der Waals surface area contributed by atoms with Gasteiger partial charge in [-0.3, -0.25) is 0 Å². The minimum atomic E-state index is -0.642. The number of hydrogen-bond donors (Lipinski definition) is 2. The van der Waals surface area contributed by atoms with Crippen molar-refractivity contribution in [3.8, 4) is 11.5 Å². The van der Waals surface area contributed by atoms with Gasteiger partial charge in [-0.25, -0.2) is 4.79 Å². The Kier molecular flexibility index (Phi) is 5.77. The van der Waals surface area contributed by atoms with E-state index in [0.717, 1.165) is 22.4 Å². The van der Waals surface area contributed by atoms with Crippen LogP contribution in [0.5, 0.6) is 0 Å². The lowest BCUT2D eigenvalue weighted by Crippen LogP contribution is -2.33. The van der Waals surface area contributed by atoms with E-state index >= 15 is 0 Å². The smallest absolute Gasteiger partial charge is 0.320 e. The van der Waals surface area contributed by atoms with Gasteiger partial charge in [0.25, 0.3) is 0 Å². The van der Waals surface area contributed by atoms with Crippen molar-refractivity contribution < 1.29 is 9.21 Å². The number of para-hydroxylation sites is 1. The Morgan fingerprint density at radius 3 is 2.37 bits per heavy atom. The number of nitrogens with one attached hydrogen (secondary N) is 2. The maximum absolute atomic E-state index is 12.7. The molecule has 30 heavy (non-hydrogen) atoms. The molecule has 0 unspecified atom stereocenters. The maximum Gasteiger partial charge on any atom is 0.320 e. The zero-order valence-corrected chi connectivity index (χ0v) is 16.9. The van der Waals surface area contributed by atoms with E-state index in [1.54, 1.807) is 12.1 Å². The van der Waals surface area contributed by atoms with Crippen molar-refractivity contribution in [1.82, 2.24) is 15.5 Å². The third kappa shape index (κ3) is 4.50. The topological polar surface area (TPSA) is 80.0 Å². The molecule has 4 aromatic rings. The summed E-state index contributed by atoms with van der Waals surface area (Å²) in [6, 6.07) is 23.1. The van der Waals surface area contributed by atoms with Gasteiger partial charge in [0, 0.05) is 16.3 Å². The molecule has 0 saturated heterocycles. The van der Waals surface area contributed by atoms with Gasteiger partial charge < -0.3 is 15.1 Å². The second kappa shape index (κ2) is 8.80. The van der Waals surface area contributed by atoms with Crippen molar-refractivity contribution in [2.24, 2.45) is 0 Å². The minimum absolute atomic E-state index is 0.274. The van der Waals surface area contributed by atoms with Crippen LogP contribution in [0, 0.1) is 6.92 Å². The van der Waals surface area contributed by atoms with Crippen LogP contribution in [-0.2, 0) is 0 Å². The quantitative estimate of drug-likeness (QED) is 0.441. The molecule has 3 aromatic carbocycles. The Morgan fingerprint density at radius 1 is 0.933 bits per heavy atom. The molecular formula is C23H19ClN4O2. The Labute approximate surface area is 178 Å². The molecule has 0 saturated carbocycles. The molecule has 2 N–H and O–H groups in total. The number of anilines is 1. The Hall–Kier alpha value is -3.64. The third-order valence-electron chi connectivity index (χ3n) is 4.58. The van der Waals surface area contributed by atoms with Gasteiger partial charge in [-0.15, -0.1) is 10.2 Å². The number of benzene rings is 3. The molecule has 150 valence electrons. The van der Waals surface area contributed by atoms with Gasteiger partial charge in [-0.05, 0) is 48.4 Å². The first-order valence-electron chi connectivity index (χ1n) is 9.37. The monoisotopic (exact) mass is 418 g/mol. The summed E-state index contributed by atoms with van der Waals surface area (Å²) in [7, 11) is 0. The highest BCUT2D eigenvalue weighted by Crippen LogP contribution is 2.26. The summed E-state index contributed by atoms with van der Waals surface area (Å²) in [5.74, 6) is 0.654. The summed E-state index contributed by atoms with van der Waals surface area (Å²) in [6.45, 7) is 1.93. The number of halogens is 1. The lowest BCUT2D eigenvalue weighted by Gasteiger charge is -2.17. The fraction of sp³-hybridized carbons (Fsp3) is 0.0870. The van der Waals surface area contributed by atoms with Gasteiger partial charge in [0.2, 0.25) is 11.8 Å². The molecule has 1 atom stereocenters. The highest BCUT2D eigenvalue weighted by atomic mass is 35.5. The van der Waals surface area contributed by atoms with E-state index in [4.69, 9.17) is 16.0 Å². The van der Waals surface area contributed by atoms with Crippen LogP contribution in [0.2, 0.25) is 5.02 Å². The van der Waals surface area contributed by atoms with Crippen LogP contribution >= 0.6 is 11.6 Å². The molecule has 0 aliphatic rings. The number of aromatic nitrogens is 2. The molecule has 1 heterocycles. The Balaban J connectivity index is 1.62. The molecule has 4 rings (SSSR count). The lowest BCUT2D eigenvalue weighted by molar-refractivity contribution is 0.248. The summed E-state index contributed by atoms with van der Waals surface area (Å²) < 4.78 is 5.89. The molecule has 1 aromatic heterocycles. The summed E-state index contributed by atoms with van der Waals surface area (Å²) in [5, 5.41) is 14.7. The van der Waals surface area contributed by atoms with E-state index in [0.29, 0.717) is 10.9 Å². The Morgan fingerprint density at radius 2 is 1.63 bits per heavy atom. The molecule has 0 fully saturated rings. The zero-order valence-electron chi connectivity index (χ0n) is 16.2. The average Bonchev–Trinajstić information content (AvgIpc) is 3.25. The number of carbonyl (C=O) groups is 1. The van der Waals surface area contributed by atoms with E-state index in [9.17, 15) is 4.79 Å². The van der Waals surface area contributed by atoms with Gasteiger partial charge in [-0.2, -0.15) is 0 Å². The highest BCUT2D eigenvalue weighted by molar-refractivity contribution is 6.30. The van der Waals surface area contributed by atoms with E-state index in [-0.39, 0.29) is 11.9 Å². The number of hydrogen-bond acceptors (Lipinski definition) is 4. The third-order valence-corrected chi connectivity index (χ3v) is 4.83. The number of amides is 2. The molecule has 0 aliphatic carbocycles. The molecule has 7 heteroatoms. The van der Waals surface area contributed by atoms with E-state index < -0.39 is 6.04 Å². The normalized spacial score (nSPS) is 11.7. The molecule has 0 spiro atoms. The first kappa shape index (κ1) is 19.7. The predicted molar refractivity (Wildman–Crippen MR) is 116 cm³/mol. The van der Waals surface area contributed by atoms with Crippen molar-refractivity contribution in [2.75, 3.05) is 5.32 Å². The van der Waals surface area contributed by atoms with E-state index in [1.165, 1.54) is 0 Å². The van der Waals surface area contributed by atoms with Crippen LogP contribution in [0.1, 0.15) is 23.1 Å².